The van der Waals surface area contributed by atoms with E-state index in [2.05, 4.69) is 10.1 Å². The minimum Gasteiger partial charge on any atom is -0.384 e. The van der Waals surface area contributed by atoms with Crippen molar-refractivity contribution in [2.75, 3.05) is 13.7 Å². The van der Waals surface area contributed by atoms with Crippen LogP contribution < -0.4 is 5.73 Å². The maximum absolute atomic E-state index is 5.97. The summed E-state index contributed by atoms with van der Waals surface area (Å²) in [5.41, 5.74) is 5.97. The second-order valence-electron chi connectivity index (χ2n) is 4.10. The van der Waals surface area contributed by atoms with Crippen molar-refractivity contribution in [1.82, 2.24) is 10.1 Å². The molecule has 2 atom stereocenters. The maximum Gasteiger partial charge on any atom is 0.229 e. The van der Waals surface area contributed by atoms with Crippen LogP contribution in [0, 0.1) is 5.92 Å². The number of rotatable bonds is 5. The minimum atomic E-state index is -0.235. The molecule has 5 heteroatoms. The summed E-state index contributed by atoms with van der Waals surface area (Å²) in [7, 11) is 1.65. The molecule has 0 bridgehead atoms. The van der Waals surface area contributed by atoms with Crippen LogP contribution in [0.4, 0.5) is 0 Å². The zero-order valence-electron chi connectivity index (χ0n) is 9.73. The molecule has 1 aromatic rings. The summed E-state index contributed by atoms with van der Waals surface area (Å²) in [6, 6.07) is -0.235. The van der Waals surface area contributed by atoms with E-state index >= 15 is 0 Å². The van der Waals surface area contributed by atoms with Crippen LogP contribution in [0.1, 0.15) is 44.4 Å². The van der Waals surface area contributed by atoms with E-state index in [0.717, 1.165) is 0 Å². The first kappa shape index (κ1) is 12.1. The lowest BCUT2D eigenvalue weighted by Gasteiger charge is -2.14. The van der Waals surface area contributed by atoms with Gasteiger partial charge >= 0.3 is 0 Å². The summed E-state index contributed by atoms with van der Waals surface area (Å²) in [6.07, 6.45) is 0. The standard InChI is InChI=1S/C10H19N3O2/c1-6(2)10-12-9(13-15-10)8(11)7(3)5-14-4/h6-8H,5,11H2,1-4H3. The normalized spacial score (nSPS) is 15.6. The van der Waals surface area contributed by atoms with Gasteiger partial charge in [0.15, 0.2) is 5.82 Å². The highest BCUT2D eigenvalue weighted by Crippen LogP contribution is 2.19. The van der Waals surface area contributed by atoms with Crippen LogP contribution >= 0.6 is 0 Å². The third kappa shape index (κ3) is 3.00. The first-order valence-electron chi connectivity index (χ1n) is 5.14. The van der Waals surface area contributed by atoms with E-state index in [-0.39, 0.29) is 17.9 Å². The van der Waals surface area contributed by atoms with Gasteiger partial charge in [0.25, 0.3) is 0 Å². The van der Waals surface area contributed by atoms with Crippen LogP contribution in [0.25, 0.3) is 0 Å². The van der Waals surface area contributed by atoms with Crippen LogP contribution in [0.3, 0.4) is 0 Å². The Balaban J connectivity index is 2.69. The van der Waals surface area contributed by atoms with Crippen molar-refractivity contribution in [1.29, 1.82) is 0 Å². The summed E-state index contributed by atoms with van der Waals surface area (Å²) < 4.78 is 10.1. The summed E-state index contributed by atoms with van der Waals surface area (Å²) in [5.74, 6) is 1.59. The Bertz CT molecular complexity index is 299. The second kappa shape index (κ2) is 5.23. The predicted molar refractivity (Wildman–Crippen MR) is 56.4 cm³/mol. The molecule has 5 nitrogen and oxygen atoms in total. The maximum atomic E-state index is 5.97. The molecule has 0 aliphatic carbocycles. The Hall–Kier alpha value is -0.940. The molecule has 1 aromatic heterocycles. The number of ether oxygens (including phenoxy) is 1. The fraction of sp³-hybridized carbons (Fsp3) is 0.800. The third-order valence-electron chi connectivity index (χ3n) is 2.29. The van der Waals surface area contributed by atoms with Crippen LogP contribution in [0.15, 0.2) is 4.52 Å². The van der Waals surface area contributed by atoms with Gasteiger partial charge in [-0.25, -0.2) is 0 Å². The largest absolute Gasteiger partial charge is 0.384 e. The molecule has 0 spiro atoms. The van der Waals surface area contributed by atoms with E-state index in [4.69, 9.17) is 15.0 Å². The predicted octanol–water partition coefficient (Wildman–Crippen LogP) is 1.48. The summed E-state index contributed by atoms with van der Waals surface area (Å²) in [6.45, 7) is 6.59. The molecule has 1 rings (SSSR count). The fourth-order valence-electron chi connectivity index (χ4n) is 1.24. The van der Waals surface area contributed by atoms with E-state index < -0.39 is 0 Å². The molecule has 15 heavy (non-hydrogen) atoms. The second-order valence-corrected chi connectivity index (χ2v) is 4.10. The number of nitrogens with zero attached hydrogens (tertiary/aromatic N) is 2. The van der Waals surface area contributed by atoms with Gasteiger partial charge in [-0.3, -0.25) is 0 Å². The van der Waals surface area contributed by atoms with Gasteiger partial charge in [-0.2, -0.15) is 4.98 Å². The third-order valence-corrected chi connectivity index (χ3v) is 2.29. The summed E-state index contributed by atoms with van der Waals surface area (Å²) >= 11 is 0. The Kier molecular flexibility index (Phi) is 4.23. The molecule has 1 heterocycles. The molecule has 86 valence electrons. The highest BCUT2D eigenvalue weighted by atomic mass is 16.5. The Morgan fingerprint density at radius 3 is 2.53 bits per heavy atom. The van der Waals surface area contributed by atoms with Crippen molar-refractivity contribution in [2.45, 2.75) is 32.7 Å². The molecule has 0 aliphatic rings. The van der Waals surface area contributed by atoms with Crippen LogP contribution in [-0.2, 0) is 4.74 Å². The molecule has 0 aromatic carbocycles. The van der Waals surface area contributed by atoms with Gasteiger partial charge in [0, 0.05) is 18.9 Å². The van der Waals surface area contributed by atoms with Gasteiger partial charge in [-0.15, -0.1) is 0 Å². The first-order chi connectivity index (χ1) is 7.06. The van der Waals surface area contributed by atoms with Crippen molar-refractivity contribution in [3.8, 4) is 0 Å². The lowest BCUT2D eigenvalue weighted by Crippen LogP contribution is -2.23. The van der Waals surface area contributed by atoms with E-state index in [0.29, 0.717) is 18.3 Å². The molecular formula is C10H19N3O2. The number of nitrogens with two attached hydrogens (primary N) is 1. The van der Waals surface area contributed by atoms with Crippen molar-refractivity contribution < 1.29 is 9.26 Å². The van der Waals surface area contributed by atoms with Gasteiger partial charge in [-0.1, -0.05) is 25.9 Å². The molecular weight excluding hydrogens is 194 g/mol. The van der Waals surface area contributed by atoms with Crippen molar-refractivity contribution in [2.24, 2.45) is 11.7 Å². The number of hydrogen-bond acceptors (Lipinski definition) is 5. The van der Waals surface area contributed by atoms with E-state index in [9.17, 15) is 0 Å². The SMILES string of the molecule is COCC(C)C(N)c1noc(C(C)C)n1. The zero-order chi connectivity index (χ0) is 11.4. The highest BCUT2D eigenvalue weighted by Gasteiger charge is 2.21. The molecule has 0 fully saturated rings. The molecule has 0 saturated carbocycles. The molecule has 0 amide bonds. The van der Waals surface area contributed by atoms with Gasteiger partial charge in [-0.05, 0) is 0 Å². The number of aromatic nitrogens is 2. The number of methoxy groups -OCH3 is 1. The summed E-state index contributed by atoms with van der Waals surface area (Å²) in [4.78, 5) is 4.25. The Morgan fingerprint density at radius 1 is 1.40 bits per heavy atom. The smallest absolute Gasteiger partial charge is 0.229 e. The van der Waals surface area contributed by atoms with Crippen molar-refractivity contribution in [3.05, 3.63) is 11.7 Å². The lowest BCUT2D eigenvalue weighted by atomic mass is 10.0. The van der Waals surface area contributed by atoms with Gasteiger partial charge in [0.1, 0.15) is 0 Å². The van der Waals surface area contributed by atoms with Gasteiger partial charge < -0.3 is 15.0 Å². The van der Waals surface area contributed by atoms with E-state index in [1.165, 1.54) is 0 Å². The van der Waals surface area contributed by atoms with Gasteiger partial charge in [0.05, 0.1) is 12.6 Å². The van der Waals surface area contributed by atoms with Gasteiger partial charge in [0.2, 0.25) is 5.89 Å². The van der Waals surface area contributed by atoms with Crippen molar-refractivity contribution >= 4 is 0 Å². The van der Waals surface area contributed by atoms with Crippen LogP contribution in [0.5, 0.6) is 0 Å². The van der Waals surface area contributed by atoms with E-state index in [1.807, 2.05) is 20.8 Å². The minimum absolute atomic E-state index is 0.174. The van der Waals surface area contributed by atoms with Crippen molar-refractivity contribution in [3.63, 3.8) is 0 Å². The zero-order valence-corrected chi connectivity index (χ0v) is 9.73. The lowest BCUT2D eigenvalue weighted by molar-refractivity contribution is 0.145. The highest BCUT2D eigenvalue weighted by molar-refractivity contribution is 4.97. The first-order valence-corrected chi connectivity index (χ1v) is 5.14. The average Bonchev–Trinajstić information content (AvgIpc) is 2.65. The molecule has 0 radical (unpaired) electrons. The van der Waals surface area contributed by atoms with Crippen LogP contribution in [0.2, 0.25) is 0 Å². The van der Waals surface area contributed by atoms with Crippen LogP contribution in [-0.4, -0.2) is 23.9 Å². The Labute approximate surface area is 90.0 Å². The fourth-order valence-corrected chi connectivity index (χ4v) is 1.24. The monoisotopic (exact) mass is 213 g/mol. The molecule has 2 N–H and O–H groups in total. The van der Waals surface area contributed by atoms with E-state index in [1.54, 1.807) is 7.11 Å². The Morgan fingerprint density at radius 2 is 2.07 bits per heavy atom. The quantitative estimate of drug-likeness (QED) is 0.801. The molecule has 2 unspecified atom stereocenters. The molecule has 0 saturated heterocycles. The number of hydrogen-bond donors (Lipinski definition) is 1. The average molecular weight is 213 g/mol. The molecule has 0 aliphatic heterocycles. The summed E-state index contributed by atoms with van der Waals surface area (Å²) in [5, 5.41) is 3.87. The topological polar surface area (TPSA) is 74.2 Å².